The van der Waals surface area contributed by atoms with E-state index in [2.05, 4.69) is 4.72 Å². The van der Waals surface area contributed by atoms with Gasteiger partial charge in [-0.25, -0.2) is 8.42 Å². The average molecular weight is 356 g/mol. The topological polar surface area (TPSA) is 96.3 Å². The van der Waals surface area contributed by atoms with E-state index in [9.17, 15) is 13.2 Å². The second kappa shape index (κ2) is 8.78. The van der Waals surface area contributed by atoms with Gasteiger partial charge in [0.15, 0.2) is 0 Å². The molecule has 128 valence electrons. The molecule has 0 unspecified atom stereocenters. The van der Waals surface area contributed by atoms with E-state index in [1.165, 1.54) is 24.3 Å². The maximum atomic E-state index is 12.0. The fourth-order valence-corrected chi connectivity index (χ4v) is 2.86. The van der Waals surface area contributed by atoms with Gasteiger partial charge in [0.05, 0.1) is 16.5 Å². The van der Waals surface area contributed by atoms with Gasteiger partial charge in [0.25, 0.3) is 0 Å². The first-order valence-electron chi connectivity index (χ1n) is 7.38. The molecule has 1 N–H and O–H groups in total. The molecule has 0 atom stereocenters. The molecule has 0 aliphatic heterocycles. The molecule has 2 aromatic rings. The summed E-state index contributed by atoms with van der Waals surface area (Å²) < 4.78 is 31.2. The summed E-state index contributed by atoms with van der Waals surface area (Å²) >= 11 is 0. The van der Waals surface area contributed by atoms with E-state index < -0.39 is 22.5 Å². The Morgan fingerprint density at radius 1 is 1.12 bits per heavy atom. The number of nitrogens with zero attached hydrogens (tertiary/aromatic N) is 1. The third-order valence-electron chi connectivity index (χ3n) is 3.15. The lowest BCUT2D eigenvalue weighted by Gasteiger charge is -2.06. The summed E-state index contributed by atoms with van der Waals surface area (Å²) in [6, 6.07) is 16.8. The first-order valence-corrected chi connectivity index (χ1v) is 8.86. The molecule has 7 heteroatoms. The summed E-state index contributed by atoms with van der Waals surface area (Å²) in [5, 5.41) is 8.70. The van der Waals surface area contributed by atoms with Crippen LogP contribution >= 0.6 is 0 Å². The Balaban J connectivity index is 1.80. The minimum absolute atomic E-state index is 0.0247. The molecule has 0 radical (unpaired) electrons. The number of ether oxygens (including phenoxy) is 1. The molecule has 0 saturated carbocycles. The van der Waals surface area contributed by atoms with Crippen molar-refractivity contribution in [1.82, 2.24) is 4.72 Å². The summed E-state index contributed by atoms with van der Waals surface area (Å²) in [7, 11) is -3.83. The number of hydrogen-bond donors (Lipinski definition) is 1. The normalized spacial score (nSPS) is 11.2. The Kier molecular flexibility index (Phi) is 6.46. The van der Waals surface area contributed by atoms with Crippen molar-refractivity contribution in [2.45, 2.75) is 4.90 Å². The van der Waals surface area contributed by atoms with Crippen molar-refractivity contribution in [2.24, 2.45) is 0 Å². The van der Waals surface area contributed by atoms with Crippen molar-refractivity contribution in [3.05, 3.63) is 71.8 Å². The molecule has 0 amide bonds. The summed E-state index contributed by atoms with van der Waals surface area (Å²) in [5.74, 6) is -0.685. The first-order chi connectivity index (χ1) is 12.0. The highest BCUT2D eigenvalue weighted by molar-refractivity contribution is 7.89. The molecule has 6 nitrogen and oxygen atoms in total. The van der Waals surface area contributed by atoms with E-state index in [4.69, 9.17) is 10.00 Å². The van der Waals surface area contributed by atoms with Crippen molar-refractivity contribution in [3.63, 3.8) is 0 Å². The lowest BCUT2D eigenvalue weighted by molar-refractivity contribution is -0.140. The summed E-state index contributed by atoms with van der Waals surface area (Å²) in [4.78, 5) is 11.6. The van der Waals surface area contributed by atoms with Crippen molar-refractivity contribution in [1.29, 1.82) is 5.26 Å². The highest BCUT2D eigenvalue weighted by atomic mass is 32.2. The molecule has 0 aliphatic rings. The number of benzene rings is 2. The zero-order chi connectivity index (χ0) is 18.1. The molecule has 0 aromatic heterocycles. The third kappa shape index (κ3) is 5.88. The monoisotopic (exact) mass is 356 g/mol. The van der Waals surface area contributed by atoms with Crippen LogP contribution in [0, 0.1) is 11.3 Å². The Labute approximate surface area is 146 Å². The van der Waals surface area contributed by atoms with Crippen LogP contribution in [0.3, 0.4) is 0 Å². The molecule has 0 bridgehead atoms. The van der Waals surface area contributed by atoms with Crippen LogP contribution in [0.25, 0.3) is 6.08 Å². The molecule has 0 aliphatic carbocycles. The molecule has 25 heavy (non-hydrogen) atoms. The zero-order valence-corrected chi connectivity index (χ0v) is 14.1. The molecular weight excluding hydrogens is 340 g/mol. The molecule has 0 spiro atoms. The fourth-order valence-electron chi connectivity index (χ4n) is 1.89. The molecule has 2 rings (SSSR count). The fraction of sp³-hybridized carbons (Fsp3) is 0.111. The van der Waals surface area contributed by atoms with Gasteiger partial charge in [-0.05, 0) is 35.9 Å². The predicted octanol–water partition coefficient (Wildman–Crippen LogP) is 2.09. The van der Waals surface area contributed by atoms with Gasteiger partial charge in [-0.15, -0.1) is 0 Å². The van der Waals surface area contributed by atoms with Gasteiger partial charge in [0.1, 0.15) is 13.2 Å². The lowest BCUT2D eigenvalue weighted by Crippen LogP contribution is -2.30. The lowest BCUT2D eigenvalue weighted by atomic mass is 10.2. The maximum Gasteiger partial charge on any atom is 0.321 e. The van der Waals surface area contributed by atoms with Crippen LogP contribution in [0.2, 0.25) is 0 Å². The number of sulfonamides is 1. The van der Waals surface area contributed by atoms with Crippen LogP contribution in [-0.4, -0.2) is 27.5 Å². The van der Waals surface area contributed by atoms with Gasteiger partial charge < -0.3 is 4.74 Å². The van der Waals surface area contributed by atoms with E-state index >= 15 is 0 Å². The van der Waals surface area contributed by atoms with E-state index in [-0.39, 0.29) is 11.5 Å². The SMILES string of the molecule is N#Cc1ccc(S(=O)(=O)NCC(=O)OC/C=C/c2ccccc2)cc1. The van der Waals surface area contributed by atoms with Gasteiger partial charge in [-0.3, -0.25) is 4.79 Å². The maximum absolute atomic E-state index is 12.0. The number of carbonyl (C=O) groups excluding carboxylic acids is 1. The zero-order valence-electron chi connectivity index (χ0n) is 13.3. The van der Waals surface area contributed by atoms with E-state index in [1.54, 1.807) is 12.2 Å². The second-order valence-corrected chi connectivity index (χ2v) is 6.72. The quantitative estimate of drug-likeness (QED) is 0.766. The van der Waals surface area contributed by atoms with Crippen molar-refractivity contribution >= 4 is 22.1 Å². The van der Waals surface area contributed by atoms with Gasteiger partial charge in [-0.2, -0.15) is 9.98 Å². The number of hydrogen-bond acceptors (Lipinski definition) is 5. The largest absolute Gasteiger partial charge is 0.460 e. The van der Waals surface area contributed by atoms with Crippen molar-refractivity contribution < 1.29 is 17.9 Å². The molecule has 0 fully saturated rings. The Bertz CT molecular complexity index is 883. The van der Waals surface area contributed by atoms with Crippen LogP contribution in [-0.2, 0) is 19.6 Å². The molecule has 0 heterocycles. The van der Waals surface area contributed by atoms with Gasteiger partial charge >= 0.3 is 5.97 Å². The minimum Gasteiger partial charge on any atom is -0.460 e. The third-order valence-corrected chi connectivity index (χ3v) is 4.57. The number of carbonyl (C=O) groups is 1. The second-order valence-electron chi connectivity index (χ2n) is 4.96. The Hall–Kier alpha value is -2.95. The number of nitriles is 1. The molecule has 0 saturated heterocycles. The molecule has 2 aromatic carbocycles. The first kappa shape index (κ1) is 18.4. The van der Waals surface area contributed by atoms with Gasteiger partial charge in [0, 0.05) is 0 Å². The van der Waals surface area contributed by atoms with Gasteiger partial charge in [0.2, 0.25) is 10.0 Å². The summed E-state index contributed by atoms with van der Waals surface area (Å²) in [6.07, 6.45) is 3.47. The molecular formula is C18H16N2O4S. The number of nitrogens with one attached hydrogen (secondary N) is 1. The Morgan fingerprint density at radius 3 is 2.44 bits per heavy atom. The van der Waals surface area contributed by atoms with Crippen LogP contribution < -0.4 is 4.72 Å². The Morgan fingerprint density at radius 2 is 1.80 bits per heavy atom. The number of esters is 1. The highest BCUT2D eigenvalue weighted by Crippen LogP contribution is 2.09. The van der Waals surface area contributed by atoms with Crippen molar-refractivity contribution in [2.75, 3.05) is 13.2 Å². The van der Waals surface area contributed by atoms with E-state index in [0.717, 1.165) is 5.56 Å². The van der Waals surface area contributed by atoms with Crippen LogP contribution in [0.1, 0.15) is 11.1 Å². The summed E-state index contributed by atoms with van der Waals surface area (Å²) in [6.45, 7) is -0.423. The standard InChI is InChI=1S/C18H16N2O4S/c19-13-16-8-10-17(11-9-16)25(22,23)20-14-18(21)24-12-4-7-15-5-2-1-3-6-15/h1-11,20H,12,14H2/b7-4+. The smallest absolute Gasteiger partial charge is 0.321 e. The average Bonchev–Trinajstić information content (AvgIpc) is 2.64. The van der Waals surface area contributed by atoms with Crippen molar-refractivity contribution in [3.8, 4) is 6.07 Å². The van der Waals surface area contributed by atoms with Crippen LogP contribution in [0.15, 0.2) is 65.6 Å². The predicted molar refractivity (Wildman–Crippen MR) is 92.8 cm³/mol. The summed E-state index contributed by atoms with van der Waals surface area (Å²) in [5.41, 5.74) is 1.32. The minimum atomic E-state index is -3.83. The van der Waals surface area contributed by atoms with E-state index in [1.807, 2.05) is 36.4 Å². The highest BCUT2D eigenvalue weighted by Gasteiger charge is 2.15. The van der Waals surface area contributed by atoms with Gasteiger partial charge in [-0.1, -0.05) is 36.4 Å². The van der Waals surface area contributed by atoms with E-state index in [0.29, 0.717) is 5.56 Å². The van der Waals surface area contributed by atoms with Crippen LogP contribution in [0.5, 0.6) is 0 Å². The van der Waals surface area contributed by atoms with Crippen LogP contribution in [0.4, 0.5) is 0 Å². The number of rotatable bonds is 7.